The maximum atomic E-state index is 13.0. The van der Waals surface area contributed by atoms with Crippen LogP contribution >= 0.6 is 22.9 Å². The second-order valence-electron chi connectivity index (χ2n) is 8.28. The van der Waals surface area contributed by atoms with Crippen LogP contribution in [0.3, 0.4) is 0 Å². The molecule has 1 N–H and O–H groups in total. The van der Waals surface area contributed by atoms with Crippen LogP contribution in [0.2, 0.25) is 5.02 Å². The summed E-state index contributed by atoms with van der Waals surface area (Å²) < 4.78 is 1.90. The average molecular weight is 465 g/mol. The molecular weight excluding hydrogens is 440 g/mol. The van der Waals surface area contributed by atoms with Gasteiger partial charge in [-0.1, -0.05) is 35.9 Å². The first-order chi connectivity index (χ1) is 15.6. The van der Waals surface area contributed by atoms with Gasteiger partial charge in [-0.3, -0.25) is 9.48 Å². The van der Waals surface area contributed by atoms with E-state index in [1.165, 1.54) is 23.4 Å². The molecule has 5 rings (SSSR count). The Morgan fingerprint density at radius 1 is 1.19 bits per heavy atom. The van der Waals surface area contributed by atoms with Gasteiger partial charge in [0.1, 0.15) is 0 Å². The molecule has 5 nitrogen and oxygen atoms in total. The van der Waals surface area contributed by atoms with Crippen molar-refractivity contribution >= 4 is 39.7 Å². The first-order valence-electron chi connectivity index (χ1n) is 11.0. The summed E-state index contributed by atoms with van der Waals surface area (Å²) in [7, 11) is 0. The minimum absolute atomic E-state index is 0.144. The van der Waals surface area contributed by atoms with Gasteiger partial charge in [-0.05, 0) is 61.9 Å². The van der Waals surface area contributed by atoms with E-state index in [1.807, 2.05) is 54.1 Å². The number of nitrogens with zero attached hydrogens (tertiary/aromatic N) is 3. The summed E-state index contributed by atoms with van der Waals surface area (Å²) in [5, 5.41) is 10.4. The molecule has 0 atom stereocenters. The summed E-state index contributed by atoms with van der Waals surface area (Å²) in [4.78, 5) is 19.2. The third kappa shape index (κ3) is 4.30. The molecule has 32 heavy (non-hydrogen) atoms. The van der Waals surface area contributed by atoms with Crippen LogP contribution in [0.25, 0.3) is 10.9 Å². The molecule has 0 saturated carbocycles. The van der Waals surface area contributed by atoms with Crippen LogP contribution in [0.4, 0.5) is 0 Å². The fourth-order valence-electron chi connectivity index (χ4n) is 4.29. The van der Waals surface area contributed by atoms with Gasteiger partial charge < -0.3 is 5.32 Å². The topological polar surface area (TPSA) is 59.8 Å². The third-order valence-electron chi connectivity index (χ3n) is 6.01. The number of fused-ring (bicyclic) bond motifs is 2. The van der Waals surface area contributed by atoms with Crippen LogP contribution in [0.1, 0.15) is 50.0 Å². The van der Waals surface area contributed by atoms with E-state index >= 15 is 0 Å². The predicted molar refractivity (Wildman–Crippen MR) is 130 cm³/mol. The average Bonchev–Trinajstić information content (AvgIpc) is 3.37. The van der Waals surface area contributed by atoms with Crippen LogP contribution in [0.15, 0.2) is 42.5 Å². The quantitative estimate of drug-likeness (QED) is 0.418. The van der Waals surface area contributed by atoms with Crippen molar-refractivity contribution in [2.45, 2.75) is 45.6 Å². The summed E-state index contributed by atoms with van der Waals surface area (Å²) in [5.74, 6) is -0.144. The van der Waals surface area contributed by atoms with Gasteiger partial charge in [0.05, 0.1) is 22.8 Å². The number of aromatic nitrogens is 3. The van der Waals surface area contributed by atoms with Crippen LogP contribution in [0, 0.1) is 6.92 Å². The molecule has 4 aromatic rings. The number of thiazole rings is 1. The predicted octanol–water partition coefficient (Wildman–Crippen LogP) is 5.35. The van der Waals surface area contributed by atoms with Gasteiger partial charge in [0.2, 0.25) is 0 Å². The van der Waals surface area contributed by atoms with Crippen molar-refractivity contribution in [3.8, 4) is 0 Å². The van der Waals surface area contributed by atoms with E-state index < -0.39 is 0 Å². The van der Waals surface area contributed by atoms with E-state index in [2.05, 4.69) is 10.4 Å². The largest absolute Gasteiger partial charge is 0.350 e. The molecule has 2 heterocycles. The summed E-state index contributed by atoms with van der Waals surface area (Å²) in [6, 6.07) is 13.7. The lowest BCUT2D eigenvalue weighted by atomic mass is 10.0. The van der Waals surface area contributed by atoms with Crippen LogP contribution in [0.5, 0.6) is 0 Å². The van der Waals surface area contributed by atoms with E-state index in [-0.39, 0.29) is 5.91 Å². The zero-order chi connectivity index (χ0) is 22.1. The molecule has 2 aromatic carbocycles. The van der Waals surface area contributed by atoms with Gasteiger partial charge in [0.15, 0.2) is 5.69 Å². The Bertz CT molecular complexity index is 1270. The molecule has 7 heteroatoms. The number of carbonyl (C=O) groups is 1. The van der Waals surface area contributed by atoms with Crippen molar-refractivity contribution in [1.82, 2.24) is 20.1 Å². The summed E-state index contributed by atoms with van der Waals surface area (Å²) in [5.41, 5.74) is 4.91. The zero-order valence-corrected chi connectivity index (χ0v) is 19.6. The van der Waals surface area contributed by atoms with E-state index in [0.29, 0.717) is 18.8 Å². The highest BCUT2D eigenvalue weighted by molar-refractivity contribution is 7.11. The molecule has 0 bridgehead atoms. The lowest BCUT2D eigenvalue weighted by Gasteiger charge is -2.07. The number of aryl methyl sites for hydroxylation is 3. The van der Waals surface area contributed by atoms with E-state index in [4.69, 9.17) is 16.6 Å². The van der Waals surface area contributed by atoms with Crippen molar-refractivity contribution in [3.63, 3.8) is 0 Å². The maximum Gasteiger partial charge on any atom is 0.272 e. The molecule has 0 spiro atoms. The molecule has 1 aliphatic rings. The number of hydrogen-bond acceptors (Lipinski definition) is 4. The summed E-state index contributed by atoms with van der Waals surface area (Å²) in [6.07, 6.45) is 5.49. The number of amides is 1. The fourth-order valence-corrected chi connectivity index (χ4v) is 5.68. The normalized spacial score (nSPS) is 13.3. The number of nitrogens with one attached hydrogen (secondary N) is 1. The monoisotopic (exact) mass is 464 g/mol. The van der Waals surface area contributed by atoms with Crippen molar-refractivity contribution in [2.75, 3.05) is 6.54 Å². The third-order valence-corrected chi connectivity index (χ3v) is 7.46. The second-order valence-corrected chi connectivity index (χ2v) is 9.89. The number of halogens is 1. The Labute approximate surface area is 196 Å². The Morgan fingerprint density at radius 2 is 2.03 bits per heavy atom. The van der Waals surface area contributed by atoms with Gasteiger partial charge in [-0.15, -0.1) is 11.3 Å². The standard InChI is InChI=1S/C25H25ClN4OS/c1-16-14-18(26)11-10-17(16)15-30-21-8-4-2-6-19(21)24(29-30)25(31)27-13-12-23-28-20-7-3-5-9-22(20)32-23/h2,4,6,8,10-11,14H,3,5,7,9,12-13,15H2,1H3,(H,27,31). The van der Waals surface area contributed by atoms with Gasteiger partial charge in [0.25, 0.3) is 5.91 Å². The number of para-hydroxylation sites is 1. The molecule has 0 fully saturated rings. The first-order valence-corrected chi connectivity index (χ1v) is 12.2. The van der Waals surface area contributed by atoms with E-state index in [1.54, 1.807) is 11.3 Å². The highest BCUT2D eigenvalue weighted by atomic mass is 35.5. The van der Waals surface area contributed by atoms with Crippen LogP contribution < -0.4 is 5.32 Å². The minimum Gasteiger partial charge on any atom is -0.350 e. The van der Waals surface area contributed by atoms with Crippen molar-refractivity contribution in [1.29, 1.82) is 0 Å². The fraction of sp³-hybridized carbons (Fsp3) is 0.320. The molecule has 0 aliphatic heterocycles. The molecule has 1 aliphatic carbocycles. The van der Waals surface area contributed by atoms with Gasteiger partial charge >= 0.3 is 0 Å². The number of carbonyl (C=O) groups excluding carboxylic acids is 1. The van der Waals surface area contributed by atoms with Gasteiger partial charge in [-0.25, -0.2) is 4.98 Å². The Kier molecular flexibility index (Phi) is 5.98. The zero-order valence-electron chi connectivity index (χ0n) is 18.0. The molecule has 2 aromatic heterocycles. The smallest absolute Gasteiger partial charge is 0.272 e. The Morgan fingerprint density at radius 3 is 2.88 bits per heavy atom. The molecule has 164 valence electrons. The molecular formula is C25H25ClN4OS. The highest BCUT2D eigenvalue weighted by Gasteiger charge is 2.18. The Hall–Kier alpha value is -2.70. The summed E-state index contributed by atoms with van der Waals surface area (Å²) in [6.45, 7) is 3.18. The maximum absolute atomic E-state index is 13.0. The number of rotatable bonds is 6. The van der Waals surface area contributed by atoms with Crippen molar-refractivity contribution in [3.05, 3.63) is 79.9 Å². The highest BCUT2D eigenvalue weighted by Crippen LogP contribution is 2.27. The molecule has 0 saturated heterocycles. The number of benzene rings is 2. The van der Waals surface area contributed by atoms with Crippen LogP contribution in [-0.4, -0.2) is 27.2 Å². The SMILES string of the molecule is Cc1cc(Cl)ccc1Cn1nc(C(=O)NCCc2nc3c(s2)CCCC3)c2ccccc21. The van der Waals surface area contributed by atoms with Crippen molar-refractivity contribution in [2.24, 2.45) is 0 Å². The van der Waals surface area contributed by atoms with Crippen LogP contribution in [-0.2, 0) is 25.8 Å². The first kappa shape index (κ1) is 21.2. The summed E-state index contributed by atoms with van der Waals surface area (Å²) >= 11 is 7.91. The van der Waals surface area contributed by atoms with E-state index in [0.717, 1.165) is 51.3 Å². The second kappa shape index (κ2) is 9.04. The Balaban J connectivity index is 1.32. The van der Waals surface area contributed by atoms with Gasteiger partial charge in [-0.2, -0.15) is 5.10 Å². The van der Waals surface area contributed by atoms with E-state index in [9.17, 15) is 4.79 Å². The minimum atomic E-state index is -0.144. The lowest BCUT2D eigenvalue weighted by Crippen LogP contribution is -2.26. The molecule has 0 unspecified atom stereocenters. The lowest BCUT2D eigenvalue weighted by molar-refractivity contribution is 0.0950. The molecule has 0 radical (unpaired) electrons. The van der Waals surface area contributed by atoms with Crippen molar-refractivity contribution < 1.29 is 4.79 Å². The molecule has 1 amide bonds. The van der Waals surface area contributed by atoms with Gasteiger partial charge in [0, 0.05) is 28.3 Å². The number of hydrogen-bond donors (Lipinski definition) is 1.